The molecule has 1 fully saturated rings. The van der Waals surface area contributed by atoms with Crippen molar-refractivity contribution in [3.8, 4) is 0 Å². The Morgan fingerprint density at radius 2 is 2.13 bits per heavy atom. The van der Waals surface area contributed by atoms with Gasteiger partial charge in [0.2, 0.25) is 0 Å². The summed E-state index contributed by atoms with van der Waals surface area (Å²) in [4.78, 5) is 13.6. The monoisotopic (exact) mass is 212 g/mol. The molecule has 0 aromatic rings. The van der Waals surface area contributed by atoms with Crippen LogP contribution in [-0.2, 0) is 0 Å². The zero-order valence-corrected chi connectivity index (χ0v) is 10.5. The van der Waals surface area contributed by atoms with Crippen LogP contribution in [0.2, 0.25) is 0 Å². The first-order chi connectivity index (χ1) is 6.95. The van der Waals surface area contributed by atoms with Crippen molar-refractivity contribution in [1.82, 2.24) is 10.2 Å². The Balaban J connectivity index is 2.52. The summed E-state index contributed by atoms with van der Waals surface area (Å²) in [7, 11) is 0. The first-order valence-electron chi connectivity index (χ1n) is 5.98. The Labute approximate surface area is 93.2 Å². The summed E-state index contributed by atoms with van der Waals surface area (Å²) < 4.78 is 0. The largest absolute Gasteiger partial charge is 0.338 e. The summed E-state index contributed by atoms with van der Waals surface area (Å²) in [6.07, 6.45) is 2.39. The Kier molecular flexibility index (Phi) is 4.00. The minimum atomic E-state index is 0.103. The maximum Gasteiger partial charge on any atom is 0.317 e. The lowest BCUT2D eigenvalue weighted by atomic mass is 9.76. The van der Waals surface area contributed by atoms with E-state index in [4.69, 9.17) is 0 Å². The lowest BCUT2D eigenvalue weighted by Crippen LogP contribution is -2.47. The Morgan fingerprint density at radius 3 is 2.67 bits per heavy atom. The fraction of sp³-hybridized carbons (Fsp3) is 0.917. The first-order valence-corrected chi connectivity index (χ1v) is 5.98. The fourth-order valence-corrected chi connectivity index (χ4v) is 2.13. The smallest absolute Gasteiger partial charge is 0.317 e. The Hall–Kier alpha value is -0.730. The summed E-state index contributed by atoms with van der Waals surface area (Å²) in [6, 6.07) is 0.103. The van der Waals surface area contributed by atoms with E-state index in [1.165, 1.54) is 6.42 Å². The Bertz CT molecular complexity index is 220. The van der Waals surface area contributed by atoms with Crippen LogP contribution < -0.4 is 5.32 Å². The SMILES string of the molecule is CCNC(=O)N1CCCC(C(C)(C)C)C1. The van der Waals surface area contributed by atoms with E-state index in [1.54, 1.807) is 0 Å². The van der Waals surface area contributed by atoms with Crippen molar-refractivity contribution in [3.63, 3.8) is 0 Å². The molecule has 0 bridgehead atoms. The number of carbonyl (C=O) groups is 1. The Morgan fingerprint density at radius 1 is 1.47 bits per heavy atom. The first kappa shape index (κ1) is 12.3. The molecule has 1 heterocycles. The van der Waals surface area contributed by atoms with Crippen LogP contribution >= 0.6 is 0 Å². The maximum absolute atomic E-state index is 11.7. The summed E-state index contributed by atoms with van der Waals surface area (Å²) >= 11 is 0. The van der Waals surface area contributed by atoms with Crippen molar-refractivity contribution in [2.45, 2.75) is 40.5 Å². The number of nitrogens with zero attached hydrogens (tertiary/aromatic N) is 1. The molecule has 2 amide bonds. The van der Waals surface area contributed by atoms with Crippen LogP contribution in [0.25, 0.3) is 0 Å². The van der Waals surface area contributed by atoms with E-state index in [0.717, 1.165) is 26.1 Å². The highest BCUT2D eigenvalue weighted by Crippen LogP contribution is 2.33. The molecule has 1 atom stereocenters. The normalized spacial score (nSPS) is 22.7. The van der Waals surface area contributed by atoms with Crippen molar-refractivity contribution in [3.05, 3.63) is 0 Å². The van der Waals surface area contributed by atoms with Gasteiger partial charge in [0.1, 0.15) is 0 Å². The molecule has 1 saturated heterocycles. The van der Waals surface area contributed by atoms with Gasteiger partial charge in [-0.15, -0.1) is 0 Å². The van der Waals surface area contributed by atoms with Gasteiger partial charge < -0.3 is 10.2 Å². The number of rotatable bonds is 1. The molecule has 88 valence electrons. The highest BCUT2D eigenvalue weighted by Gasteiger charge is 2.31. The topological polar surface area (TPSA) is 32.3 Å². The highest BCUT2D eigenvalue weighted by atomic mass is 16.2. The van der Waals surface area contributed by atoms with Crippen molar-refractivity contribution < 1.29 is 4.79 Å². The molecular formula is C12H24N2O. The van der Waals surface area contributed by atoms with E-state index in [0.29, 0.717) is 11.3 Å². The van der Waals surface area contributed by atoms with Gasteiger partial charge in [-0.2, -0.15) is 0 Å². The zero-order chi connectivity index (χ0) is 11.5. The average Bonchev–Trinajstić information content (AvgIpc) is 2.17. The van der Waals surface area contributed by atoms with Crippen LogP contribution in [0.15, 0.2) is 0 Å². The predicted octanol–water partition coefficient (Wildman–Crippen LogP) is 2.47. The van der Waals surface area contributed by atoms with Crippen molar-refractivity contribution >= 4 is 6.03 Å². The number of hydrogen-bond acceptors (Lipinski definition) is 1. The molecule has 0 aliphatic carbocycles. The quantitative estimate of drug-likeness (QED) is 0.711. The second kappa shape index (κ2) is 4.86. The van der Waals surface area contributed by atoms with Gasteiger partial charge in [-0.3, -0.25) is 0 Å². The van der Waals surface area contributed by atoms with Gasteiger partial charge in [-0.25, -0.2) is 4.79 Å². The third kappa shape index (κ3) is 3.40. The fourth-order valence-electron chi connectivity index (χ4n) is 2.13. The molecule has 3 nitrogen and oxygen atoms in total. The number of hydrogen-bond donors (Lipinski definition) is 1. The van der Waals surface area contributed by atoms with Crippen LogP contribution in [0.1, 0.15) is 40.5 Å². The van der Waals surface area contributed by atoms with E-state index < -0.39 is 0 Å². The molecular weight excluding hydrogens is 188 g/mol. The van der Waals surface area contributed by atoms with E-state index in [1.807, 2.05) is 11.8 Å². The highest BCUT2D eigenvalue weighted by molar-refractivity contribution is 5.74. The molecule has 0 radical (unpaired) electrons. The molecule has 0 aromatic carbocycles. The van der Waals surface area contributed by atoms with Crippen LogP contribution in [0.3, 0.4) is 0 Å². The third-order valence-electron chi connectivity index (χ3n) is 3.26. The summed E-state index contributed by atoms with van der Waals surface area (Å²) in [6.45, 7) is 11.3. The molecule has 3 heteroatoms. The standard InChI is InChI=1S/C12H24N2O/c1-5-13-11(15)14-8-6-7-10(9-14)12(2,3)4/h10H,5-9H2,1-4H3,(H,13,15). The summed E-state index contributed by atoms with van der Waals surface area (Å²) in [5.41, 5.74) is 0.311. The second-order valence-electron chi connectivity index (χ2n) is 5.49. The van der Waals surface area contributed by atoms with E-state index in [-0.39, 0.29) is 6.03 Å². The van der Waals surface area contributed by atoms with Crippen molar-refractivity contribution in [2.24, 2.45) is 11.3 Å². The van der Waals surface area contributed by atoms with Crippen LogP contribution in [0.5, 0.6) is 0 Å². The molecule has 1 rings (SSSR count). The van der Waals surface area contributed by atoms with Gasteiger partial charge in [0.15, 0.2) is 0 Å². The van der Waals surface area contributed by atoms with E-state index >= 15 is 0 Å². The van der Waals surface area contributed by atoms with Gasteiger partial charge in [-0.05, 0) is 31.1 Å². The zero-order valence-electron chi connectivity index (χ0n) is 10.5. The van der Waals surface area contributed by atoms with Gasteiger partial charge >= 0.3 is 6.03 Å². The minimum absolute atomic E-state index is 0.103. The molecule has 1 aliphatic heterocycles. The second-order valence-corrected chi connectivity index (χ2v) is 5.49. The predicted molar refractivity (Wildman–Crippen MR) is 62.8 cm³/mol. The number of nitrogens with one attached hydrogen (secondary N) is 1. The lowest BCUT2D eigenvalue weighted by Gasteiger charge is -2.39. The van der Waals surface area contributed by atoms with Crippen LogP contribution in [0.4, 0.5) is 4.79 Å². The number of amides is 2. The number of piperidine rings is 1. The summed E-state index contributed by atoms with van der Waals surface area (Å²) in [5, 5.41) is 2.87. The van der Waals surface area contributed by atoms with E-state index in [9.17, 15) is 4.79 Å². The minimum Gasteiger partial charge on any atom is -0.338 e. The number of likely N-dealkylation sites (tertiary alicyclic amines) is 1. The lowest BCUT2D eigenvalue weighted by molar-refractivity contribution is 0.113. The number of urea groups is 1. The van der Waals surface area contributed by atoms with Crippen molar-refractivity contribution in [2.75, 3.05) is 19.6 Å². The average molecular weight is 212 g/mol. The molecule has 0 aromatic heterocycles. The molecule has 1 N–H and O–H groups in total. The number of carbonyl (C=O) groups excluding carboxylic acids is 1. The molecule has 1 aliphatic rings. The van der Waals surface area contributed by atoms with Crippen LogP contribution in [0, 0.1) is 11.3 Å². The molecule has 0 saturated carbocycles. The van der Waals surface area contributed by atoms with Crippen molar-refractivity contribution in [1.29, 1.82) is 0 Å². The van der Waals surface area contributed by atoms with Gasteiger partial charge in [0.25, 0.3) is 0 Å². The molecule has 1 unspecified atom stereocenters. The molecule has 15 heavy (non-hydrogen) atoms. The third-order valence-corrected chi connectivity index (χ3v) is 3.26. The van der Waals surface area contributed by atoms with Gasteiger partial charge in [-0.1, -0.05) is 20.8 Å². The van der Waals surface area contributed by atoms with Gasteiger partial charge in [0, 0.05) is 19.6 Å². The van der Waals surface area contributed by atoms with Crippen LogP contribution in [-0.4, -0.2) is 30.6 Å². The molecule has 0 spiro atoms. The summed E-state index contributed by atoms with van der Waals surface area (Å²) in [5.74, 6) is 0.633. The maximum atomic E-state index is 11.7. The van der Waals surface area contributed by atoms with E-state index in [2.05, 4.69) is 26.1 Å². The van der Waals surface area contributed by atoms with Gasteiger partial charge in [0.05, 0.1) is 0 Å².